The third-order valence-electron chi connectivity index (χ3n) is 6.79. The molecule has 0 bridgehead atoms. The van der Waals surface area contributed by atoms with Crippen molar-refractivity contribution in [2.45, 2.75) is 31.9 Å². The monoisotopic (exact) mass is 416 g/mol. The van der Waals surface area contributed by atoms with Gasteiger partial charge in [-0.3, -0.25) is 0 Å². The molecule has 31 heavy (non-hydrogen) atoms. The number of hydrogen-bond acceptors (Lipinski definition) is 6. The fourth-order valence-corrected chi connectivity index (χ4v) is 5.05. The van der Waals surface area contributed by atoms with Crippen LogP contribution in [0.5, 0.6) is 0 Å². The number of aliphatic hydroxyl groups excluding tert-OH is 1. The molecule has 5 rings (SSSR count). The van der Waals surface area contributed by atoms with E-state index in [4.69, 9.17) is 5.73 Å². The summed E-state index contributed by atoms with van der Waals surface area (Å²) in [6.45, 7) is 1.60. The van der Waals surface area contributed by atoms with Crippen LogP contribution < -0.4 is 10.6 Å². The first-order chi connectivity index (χ1) is 15.1. The third-order valence-corrected chi connectivity index (χ3v) is 6.79. The predicted octanol–water partition coefficient (Wildman–Crippen LogP) is 2.72. The van der Waals surface area contributed by atoms with E-state index < -0.39 is 0 Å². The van der Waals surface area contributed by atoms with Crippen molar-refractivity contribution in [3.63, 3.8) is 0 Å². The number of hydrogen-bond donors (Lipinski definition) is 2. The molecule has 3 N–H and O–H groups in total. The van der Waals surface area contributed by atoms with Crippen molar-refractivity contribution in [3.8, 4) is 0 Å². The van der Waals surface area contributed by atoms with Gasteiger partial charge >= 0.3 is 0 Å². The topological polar surface area (TPSA) is 93.1 Å². The highest BCUT2D eigenvalue weighted by atomic mass is 16.3. The molecule has 1 aliphatic heterocycles. The van der Waals surface area contributed by atoms with Crippen LogP contribution in [-0.4, -0.2) is 37.7 Å². The largest absolute Gasteiger partial charge is 0.390 e. The van der Waals surface area contributed by atoms with E-state index in [1.165, 1.54) is 11.1 Å². The lowest BCUT2D eigenvalue weighted by Gasteiger charge is -2.42. The van der Waals surface area contributed by atoms with Crippen molar-refractivity contribution in [2.75, 3.05) is 18.0 Å². The van der Waals surface area contributed by atoms with Gasteiger partial charge in [0.1, 0.15) is 5.69 Å². The maximum absolute atomic E-state index is 9.94. The van der Waals surface area contributed by atoms with Crippen LogP contribution in [0.2, 0.25) is 0 Å². The molecule has 2 aliphatic rings. The first-order valence-electron chi connectivity index (χ1n) is 10.8. The molecule has 0 radical (unpaired) electrons. The second kappa shape index (κ2) is 7.90. The van der Waals surface area contributed by atoms with E-state index in [0.717, 1.165) is 43.9 Å². The number of aromatic nitrogens is 4. The number of aryl methyl sites for hydroxylation is 1. The molecule has 7 heteroatoms. The van der Waals surface area contributed by atoms with Gasteiger partial charge < -0.3 is 20.3 Å². The Morgan fingerprint density at radius 1 is 1.16 bits per heavy atom. The number of imidazole rings is 1. The molecule has 1 fully saturated rings. The molecular formula is C24H28N6O. The summed E-state index contributed by atoms with van der Waals surface area (Å²) >= 11 is 0. The maximum Gasteiger partial charge on any atom is 0.152 e. The van der Waals surface area contributed by atoms with Crippen molar-refractivity contribution < 1.29 is 5.11 Å². The van der Waals surface area contributed by atoms with E-state index in [1.54, 1.807) is 12.5 Å². The molecule has 1 aromatic carbocycles. The Balaban J connectivity index is 1.31. The molecule has 0 unspecified atom stereocenters. The summed E-state index contributed by atoms with van der Waals surface area (Å²) in [7, 11) is 1.93. The van der Waals surface area contributed by atoms with Crippen molar-refractivity contribution in [1.82, 2.24) is 19.5 Å². The molecule has 0 amide bonds. The van der Waals surface area contributed by atoms with Crippen LogP contribution in [0.25, 0.3) is 12.2 Å². The SMILES string of the molecule is Cn1cnc(/C=C\c2cnc(N3CCC4(CC3)Cc3ccccc3[C@H]4N)c(CO)n2)c1. The van der Waals surface area contributed by atoms with Gasteiger partial charge in [0, 0.05) is 32.4 Å². The lowest BCUT2D eigenvalue weighted by atomic mass is 9.73. The van der Waals surface area contributed by atoms with Crippen LogP contribution in [0, 0.1) is 5.41 Å². The van der Waals surface area contributed by atoms with Crippen LogP contribution in [0.1, 0.15) is 47.1 Å². The van der Waals surface area contributed by atoms with Gasteiger partial charge in [-0.1, -0.05) is 24.3 Å². The zero-order valence-electron chi connectivity index (χ0n) is 17.8. The Morgan fingerprint density at radius 2 is 1.94 bits per heavy atom. The van der Waals surface area contributed by atoms with E-state index in [-0.39, 0.29) is 18.1 Å². The Bertz CT molecular complexity index is 1110. The Labute approximate surface area is 182 Å². The average molecular weight is 417 g/mol. The maximum atomic E-state index is 9.94. The zero-order chi connectivity index (χ0) is 21.4. The summed E-state index contributed by atoms with van der Waals surface area (Å²) in [6, 6.07) is 8.66. The molecule has 3 heterocycles. The number of rotatable bonds is 4. The minimum atomic E-state index is -0.139. The van der Waals surface area contributed by atoms with Crippen molar-refractivity contribution >= 4 is 18.0 Å². The predicted molar refractivity (Wildman–Crippen MR) is 121 cm³/mol. The van der Waals surface area contributed by atoms with Crippen LogP contribution >= 0.6 is 0 Å². The van der Waals surface area contributed by atoms with E-state index in [2.05, 4.69) is 44.1 Å². The average Bonchev–Trinajstić information content (AvgIpc) is 3.34. The van der Waals surface area contributed by atoms with Gasteiger partial charge in [-0.05, 0) is 48.0 Å². The van der Waals surface area contributed by atoms with Gasteiger partial charge in [0.05, 0.1) is 30.5 Å². The molecule has 2 aromatic heterocycles. The normalized spacial score (nSPS) is 20.0. The van der Waals surface area contributed by atoms with Crippen LogP contribution in [0.3, 0.4) is 0 Å². The lowest BCUT2D eigenvalue weighted by Crippen LogP contribution is -2.45. The Kier molecular flexibility index (Phi) is 5.08. The number of nitrogens with two attached hydrogens (primary N) is 1. The van der Waals surface area contributed by atoms with Crippen molar-refractivity contribution in [3.05, 3.63) is 71.2 Å². The highest BCUT2D eigenvalue weighted by molar-refractivity contribution is 5.66. The highest BCUT2D eigenvalue weighted by Gasteiger charge is 2.46. The molecule has 1 atom stereocenters. The van der Waals surface area contributed by atoms with Gasteiger partial charge in [0.15, 0.2) is 5.82 Å². The first kappa shape index (κ1) is 19.9. The summed E-state index contributed by atoms with van der Waals surface area (Å²) in [5, 5.41) is 9.94. The lowest BCUT2D eigenvalue weighted by molar-refractivity contribution is 0.186. The summed E-state index contributed by atoms with van der Waals surface area (Å²) in [6.07, 6.45) is 12.3. The molecule has 160 valence electrons. The van der Waals surface area contributed by atoms with Crippen LogP contribution in [0.15, 0.2) is 43.0 Å². The molecule has 1 spiro atoms. The fourth-order valence-electron chi connectivity index (χ4n) is 5.05. The van der Waals surface area contributed by atoms with Crippen molar-refractivity contribution in [1.29, 1.82) is 0 Å². The van der Waals surface area contributed by atoms with Crippen molar-refractivity contribution in [2.24, 2.45) is 18.2 Å². The summed E-state index contributed by atoms with van der Waals surface area (Å²) in [5.74, 6) is 0.774. The number of anilines is 1. The van der Waals surface area contributed by atoms with Gasteiger partial charge in [-0.15, -0.1) is 0 Å². The standard InChI is InChI=1S/C24H28N6O/c1-29-14-19(27-16-29)7-6-18-13-26-23(21(15-31)28-18)30-10-8-24(9-11-30)12-17-4-2-3-5-20(17)22(24)25/h2-7,13-14,16,22,31H,8-12,15,25H2,1H3/b7-6-/t22-/m1/s1. The van der Waals surface area contributed by atoms with E-state index in [9.17, 15) is 5.11 Å². The first-order valence-corrected chi connectivity index (χ1v) is 10.8. The number of piperidine rings is 1. The molecular weight excluding hydrogens is 388 g/mol. The number of fused-ring (bicyclic) bond motifs is 1. The Morgan fingerprint density at radius 3 is 2.65 bits per heavy atom. The van der Waals surface area contributed by atoms with E-state index in [1.807, 2.05) is 30.0 Å². The molecule has 3 aromatic rings. The van der Waals surface area contributed by atoms with Crippen LogP contribution in [-0.2, 0) is 20.1 Å². The Hall–Kier alpha value is -3.03. The summed E-state index contributed by atoms with van der Waals surface area (Å²) in [4.78, 5) is 15.8. The number of nitrogens with zero attached hydrogens (tertiary/aromatic N) is 5. The fraction of sp³-hybridized carbons (Fsp3) is 0.375. The third kappa shape index (κ3) is 3.64. The van der Waals surface area contributed by atoms with Crippen LogP contribution in [0.4, 0.5) is 5.82 Å². The molecule has 1 aliphatic carbocycles. The summed E-state index contributed by atoms with van der Waals surface area (Å²) < 4.78 is 1.89. The van der Waals surface area contributed by atoms with Gasteiger partial charge in [-0.25, -0.2) is 15.0 Å². The second-order valence-electron chi connectivity index (χ2n) is 8.72. The van der Waals surface area contributed by atoms with Gasteiger partial charge in [0.2, 0.25) is 0 Å². The second-order valence-corrected chi connectivity index (χ2v) is 8.72. The zero-order valence-corrected chi connectivity index (χ0v) is 17.8. The number of aliphatic hydroxyl groups is 1. The molecule has 1 saturated heterocycles. The quantitative estimate of drug-likeness (QED) is 0.679. The van der Waals surface area contributed by atoms with Gasteiger partial charge in [-0.2, -0.15) is 0 Å². The molecule has 0 saturated carbocycles. The minimum absolute atomic E-state index is 0.0911. The summed E-state index contributed by atoms with van der Waals surface area (Å²) in [5.41, 5.74) is 11.7. The van der Waals surface area contributed by atoms with E-state index >= 15 is 0 Å². The van der Waals surface area contributed by atoms with Gasteiger partial charge in [0.25, 0.3) is 0 Å². The smallest absolute Gasteiger partial charge is 0.152 e. The minimum Gasteiger partial charge on any atom is -0.390 e. The highest BCUT2D eigenvalue weighted by Crippen LogP contribution is 2.50. The molecule has 7 nitrogen and oxygen atoms in total. The van der Waals surface area contributed by atoms with E-state index in [0.29, 0.717) is 11.4 Å². The number of benzene rings is 1.